The number of carbonyl (C=O) groups is 2. The first-order valence-corrected chi connectivity index (χ1v) is 3.24. The molecule has 0 aromatic heterocycles. The lowest BCUT2D eigenvalue weighted by Gasteiger charge is -2.08. The van der Waals surface area contributed by atoms with Crippen molar-refractivity contribution in [2.24, 2.45) is 0 Å². The molecule has 1 saturated heterocycles. The average molecular weight is 142 g/mol. The van der Waals surface area contributed by atoms with Crippen LogP contribution in [0.1, 0.15) is 13.3 Å². The Morgan fingerprint density at radius 2 is 2.30 bits per heavy atom. The Morgan fingerprint density at radius 1 is 1.60 bits per heavy atom. The quantitative estimate of drug-likeness (QED) is 0.517. The van der Waals surface area contributed by atoms with Gasteiger partial charge >= 0.3 is 6.03 Å². The number of aldehydes is 1. The van der Waals surface area contributed by atoms with Gasteiger partial charge in [-0.15, -0.1) is 0 Å². The molecule has 0 radical (unpaired) electrons. The highest BCUT2D eigenvalue weighted by Crippen LogP contribution is 2.02. The molecule has 0 saturated carbocycles. The van der Waals surface area contributed by atoms with Gasteiger partial charge in [-0.1, -0.05) is 0 Å². The van der Waals surface area contributed by atoms with Crippen LogP contribution < -0.4 is 10.6 Å². The minimum absolute atomic E-state index is 0.0231. The van der Waals surface area contributed by atoms with Crippen LogP contribution in [0.25, 0.3) is 0 Å². The Labute approximate surface area is 59.0 Å². The monoisotopic (exact) mass is 142 g/mol. The largest absolute Gasteiger partial charge is 0.334 e. The predicted molar refractivity (Wildman–Crippen MR) is 35.6 cm³/mol. The normalized spacial score (nSPS) is 31.1. The van der Waals surface area contributed by atoms with Gasteiger partial charge in [0.1, 0.15) is 6.29 Å². The van der Waals surface area contributed by atoms with Crippen LogP contribution in [0.2, 0.25) is 0 Å². The molecule has 1 aliphatic heterocycles. The van der Waals surface area contributed by atoms with E-state index in [2.05, 4.69) is 10.6 Å². The van der Waals surface area contributed by atoms with Crippen molar-refractivity contribution in [2.75, 3.05) is 0 Å². The molecule has 2 unspecified atom stereocenters. The fourth-order valence-electron chi connectivity index (χ4n) is 1.01. The first-order valence-electron chi connectivity index (χ1n) is 3.24. The first kappa shape index (κ1) is 7.05. The molecule has 1 aliphatic rings. The van der Waals surface area contributed by atoms with Crippen molar-refractivity contribution in [3.05, 3.63) is 0 Å². The van der Waals surface area contributed by atoms with Gasteiger partial charge in [0.25, 0.3) is 0 Å². The standard InChI is InChI=1S/C6H10N2O2/c1-4-5(2-3-9)8-6(10)7-4/h3-5H,2H2,1H3,(H2,7,8,10). The molecule has 0 aliphatic carbocycles. The molecule has 1 fully saturated rings. The topological polar surface area (TPSA) is 58.2 Å². The molecule has 0 aromatic rings. The van der Waals surface area contributed by atoms with E-state index in [1.54, 1.807) is 0 Å². The zero-order valence-electron chi connectivity index (χ0n) is 5.76. The highest BCUT2D eigenvalue weighted by Gasteiger charge is 2.26. The van der Waals surface area contributed by atoms with Crippen LogP contribution in [0.5, 0.6) is 0 Å². The lowest BCUT2D eigenvalue weighted by molar-refractivity contribution is -0.108. The Morgan fingerprint density at radius 3 is 2.70 bits per heavy atom. The summed E-state index contributed by atoms with van der Waals surface area (Å²) in [6.07, 6.45) is 1.20. The van der Waals surface area contributed by atoms with Crippen molar-refractivity contribution in [3.63, 3.8) is 0 Å². The van der Waals surface area contributed by atoms with Gasteiger partial charge in [-0.3, -0.25) is 0 Å². The Hall–Kier alpha value is -1.06. The van der Waals surface area contributed by atoms with Crippen LogP contribution in [-0.4, -0.2) is 24.4 Å². The summed E-state index contributed by atoms with van der Waals surface area (Å²) in [5.74, 6) is 0. The molecule has 0 spiro atoms. The van der Waals surface area contributed by atoms with E-state index < -0.39 is 0 Å². The molecule has 4 heteroatoms. The molecule has 0 aromatic carbocycles. The molecule has 1 heterocycles. The van der Waals surface area contributed by atoms with E-state index in [9.17, 15) is 9.59 Å². The SMILES string of the molecule is CC1NC(=O)NC1CC=O. The molecular weight excluding hydrogens is 132 g/mol. The summed E-state index contributed by atoms with van der Waals surface area (Å²) in [6.45, 7) is 1.87. The fraction of sp³-hybridized carbons (Fsp3) is 0.667. The molecule has 0 bridgehead atoms. The highest BCUT2D eigenvalue weighted by molar-refractivity contribution is 5.77. The van der Waals surface area contributed by atoms with Crippen molar-refractivity contribution in [1.82, 2.24) is 10.6 Å². The minimum atomic E-state index is -0.181. The van der Waals surface area contributed by atoms with Crippen molar-refractivity contribution in [2.45, 2.75) is 25.4 Å². The van der Waals surface area contributed by atoms with E-state index in [0.717, 1.165) is 6.29 Å². The van der Waals surface area contributed by atoms with Crippen molar-refractivity contribution in [1.29, 1.82) is 0 Å². The average Bonchev–Trinajstić information content (AvgIpc) is 2.13. The molecule has 10 heavy (non-hydrogen) atoms. The summed E-state index contributed by atoms with van der Waals surface area (Å²) in [7, 11) is 0. The van der Waals surface area contributed by atoms with E-state index in [1.807, 2.05) is 6.92 Å². The van der Waals surface area contributed by atoms with Crippen LogP contribution in [-0.2, 0) is 4.79 Å². The minimum Gasteiger partial charge on any atom is -0.334 e. The number of rotatable bonds is 2. The molecule has 4 nitrogen and oxygen atoms in total. The van der Waals surface area contributed by atoms with Gasteiger partial charge in [0.05, 0.1) is 6.04 Å². The van der Waals surface area contributed by atoms with Crippen LogP contribution >= 0.6 is 0 Å². The van der Waals surface area contributed by atoms with Crippen molar-refractivity contribution in [3.8, 4) is 0 Å². The molecule has 2 amide bonds. The predicted octanol–water partition coefficient (Wildman–Crippen LogP) is -0.355. The summed E-state index contributed by atoms with van der Waals surface area (Å²) >= 11 is 0. The number of amides is 2. The third kappa shape index (κ3) is 1.26. The van der Waals surface area contributed by atoms with Crippen LogP contribution in [0, 0.1) is 0 Å². The summed E-state index contributed by atoms with van der Waals surface area (Å²) in [4.78, 5) is 20.6. The van der Waals surface area contributed by atoms with Gasteiger partial charge < -0.3 is 15.4 Å². The molecule has 1 rings (SSSR count). The molecular formula is C6H10N2O2. The van der Waals surface area contributed by atoms with E-state index in [0.29, 0.717) is 6.42 Å². The maximum Gasteiger partial charge on any atom is 0.315 e. The number of urea groups is 1. The lowest BCUT2D eigenvalue weighted by Crippen LogP contribution is -2.30. The number of hydrogen-bond donors (Lipinski definition) is 2. The summed E-state index contributed by atoms with van der Waals surface area (Å²) < 4.78 is 0. The van der Waals surface area contributed by atoms with Crippen molar-refractivity contribution >= 4 is 12.3 Å². The van der Waals surface area contributed by atoms with E-state index in [-0.39, 0.29) is 18.1 Å². The molecule has 56 valence electrons. The van der Waals surface area contributed by atoms with Crippen molar-refractivity contribution < 1.29 is 9.59 Å². The smallest absolute Gasteiger partial charge is 0.315 e. The maximum absolute atomic E-state index is 10.6. The van der Waals surface area contributed by atoms with Gasteiger partial charge in [0.2, 0.25) is 0 Å². The Kier molecular flexibility index (Phi) is 1.89. The number of nitrogens with one attached hydrogen (secondary N) is 2. The number of carbonyl (C=O) groups excluding carboxylic acids is 2. The number of hydrogen-bond acceptors (Lipinski definition) is 2. The second-order valence-corrected chi connectivity index (χ2v) is 2.42. The van der Waals surface area contributed by atoms with E-state index in [1.165, 1.54) is 0 Å². The van der Waals surface area contributed by atoms with Gasteiger partial charge in [0, 0.05) is 12.5 Å². The zero-order valence-corrected chi connectivity index (χ0v) is 5.76. The zero-order chi connectivity index (χ0) is 7.56. The second kappa shape index (κ2) is 2.68. The van der Waals surface area contributed by atoms with Crippen LogP contribution in [0.15, 0.2) is 0 Å². The van der Waals surface area contributed by atoms with Gasteiger partial charge in [-0.2, -0.15) is 0 Å². The van der Waals surface area contributed by atoms with Gasteiger partial charge in [-0.25, -0.2) is 4.79 Å². The summed E-state index contributed by atoms with van der Waals surface area (Å²) in [6, 6.07) is -0.137. The van der Waals surface area contributed by atoms with Crippen LogP contribution in [0.3, 0.4) is 0 Å². The van der Waals surface area contributed by atoms with E-state index in [4.69, 9.17) is 0 Å². The maximum atomic E-state index is 10.6. The molecule has 2 N–H and O–H groups in total. The van der Waals surface area contributed by atoms with E-state index >= 15 is 0 Å². The summed E-state index contributed by atoms with van der Waals surface area (Å²) in [5, 5.41) is 5.27. The molecule has 2 atom stereocenters. The highest BCUT2D eigenvalue weighted by atomic mass is 16.2. The third-order valence-corrected chi connectivity index (χ3v) is 1.63. The lowest BCUT2D eigenvalue weighted by atomic mass is 10.1. The van der Waals surface area contributed by atoms with Gasteiger partial charge in [0.15, 0.2) is 0 Å². The van der Waals surface area contributed by atoms with Gasteiger partial charge in [-0.05, 0) is 6.92 Å². The van der Waals surface area contributed by atoms with Crippen LogP contribution in [0.4, 0.5) is 4.79 Å². The third-order valence-electron chi connectivity index (χ3n) is 1.63. The Bertz CT molecular complexity index is 158. The second-order valence-electron chi connectivity index (χ2n) is 2.42. The fourth-order valence-corrected chi connectivity index (χ4v) is 1.01. The summed E-state index contributed by atoms with van der Waals surface area (Å²) in [5.41, 5.74) is 0. The Balaban J connectivity index is 2.45. The first-order chi connectivity index (χ1) is 4.74.